The summed E-state index contributed by atoms with van der Waals surface area (Å²) in [6, 6.07) is 0. The lowest BCUT2D eigenvalue weighted by Crippen LogP contribution is -2.26. The van der Waals surface area contributed by atoms with Gasteiger partial charge in [-0.1, -0.05) is 26.7 Å². The molecule has 0 rings (SSSR count). The lowest BCUT2D eigenvalue weighted by Gasteiger charge is -2.24. The molecule has 0 fully saturated rings. The van der Waals surface area contributed by atoms with Crippen LogP contribution in [0.4, 0.5) is 0 Å². The van der Waals surface area contributed by atoms with Gasteiger partial charge in [-0.15, -0.1) is 6.42 Å². The molecule has 0 aromatic heterocycles. The molecule has 9 heavy (non-hydrogen) atoms. The van der Waals surface area contributed by atoms with Crippen molar-refractivity contribution in [2.24, 2.45) is 5.41 Å². The van der Waals surface area contributed by atoms with Crippen molar-refractivity contribution < 1.29 is 5.11 Å². The highest BCUT2D eigenvalue weighted by Crippen LogP contribution is 2.23. The predicted molar refractivity (Wildman–Crippen MR) is 38.9 cm³/mol. The van der Waals surface area contributed by atoms with Crippen LogP contribution in [0.1, 0.15) is 27.2 Å². The number of aliphatic hydroxyl groups is 1. The Labute approximate surface area is 57.1 Å². The molecule has 0 heterocycles. The predicted octanol–water partition coefficient (Wildman–Crippen LogP) is 1.42. The summed E-state index contributed by atoms with van der Waals surface area (Å²) in [5.41, 5.74) is -0.130. The zero-order valence-corrected chi connectivity index (χ0v) is 6.31. The molecular formula is C8H14O. The molecule has 1 heteroatoms. The van der Waals surface area contributed by atoms with Gasteiger partial charge in [-0.3, -0.25) is 0 Å². The molecule has 52 valence electrons. The van der Waals surface area contributed by atoms with Crippen LogP contribution in [0.5, 0.6) is 0 Å². The third-order valence-corrected chi connectivity index (χ3v) is 1.81. The number of hydrogen-bond donors (Lipinski definition) is 1. The van der Waals surface area contributed by atoms with E-state index in [-0.39, 0.29) is 5.41 Å². The van der Waals surface area contributed by atoms with Gasteiger partial charge < -0.3 is 5.11 Å². The Hall–Kier alpha value is -0.480. The third kappa shape index (κ3) is 2.07. The van der Waals surface area contributed by atoms with Gasteiger partial charge in [0.25, 0.3) is 0 Å². The van der Waals surface area contributed by atoms with E-state index in [0.29, 0.717) is 0 Å². The van der Waals surface area contributed by atoms with E-state index >= 15 is 0 Å². The summed E-state index contributed by atoms with van der Waals surface area (Å²) < 4.78 is 0. The molecule has 0 bridgehead atoms. The summed E-state index contributed by atoms with van der Waals surface area (Å²) >= 11 is 0. The Morgan fingerprint density at radius 2 is 2.11 bits per heavy atom. The number of hydrogen-bond acceptors (Lipinski definition) is 1. The van der Waals surface area contributed by atoms with Crippen molar-refractivity contribution in [1.29, 1.82) is 0 Å². The van der Waals surface area contributed by atoms with Crippen molar-refractivity contribution in [2.75, 3.05) is 0 Å². The Morgan fingerprint density at radius 3 is 2.22 bits per heavy atom. The van der Waals surface area contributed by atoms with Gasteiger partial charge in [-0.2, -0.15) is 0 Å². The summed E-state index contributed by atoms with van der Waals surface area (Å²) in [5.74, 6) is 2.31. The van der Waals surface area contributed by atoms with Gasteiger partial charge in [-0.05, 0) is 6.42 Å². The van der Waals surface area contributed by atoms with Gasteiger partial charge in [0.1, 0.15) is 6.10 Å². The van der Waals surface area contributed by atoms with Crippen molar-refractivity contribution in [3.05, 3.63) is 0 Å². The van der Waals surface area contributed by atoms with Gasteiger partial charge in [0.05, 0.1) is 0 Å². The van der Waals surface area contributed by atoms with Crippen molar-refractivity contribution in [3.8, 4) is 12.3 Å². The van der Waals surface area contributed by atoms with Crippen LogP contribution < -0.4 is 0 Å². The van der Waals surface area contributed by atoms with E-state index in [9.17, 15) is 0 Å². The molecule has 0 aliphatic carbocycles. The minimum atomic E-state index is -0.609. The van der Waals surface area contributed by atoms with Gasteiger partial charge in [0, 0.05) is 5.41 Å². The first kappa shape index (κ1) is 8.52. The van der Waals surface area contributed by atoms with Crippen molar-refractivity contribution in [3.63, 3.8) is 0 Å². The number of terminal acetylenes is 1. The number of aliphatic hydroxyl groups excluding tert-OH is 1. The standard InChI is InChI=1S/C8H14O/c1-5-7(9)8(3,4)6-2/h1,7,9H,6H2,2-4H3. The average Bonchev–Trinajstić information content (AvgIpc) is 1.86. The SMILES string of the molecule is C#CC(O)C(C)(C)CC. The average molecular weight is 126 g/mol. The molecule has 0 aliphatic heterocycles. The molecule has 0 radical (unpaired) electrons. The quantitative estimate of drug-likeness (QED) is 0.555. The van der Waals surface area contributed by atoms with Crippen LogP contribution in [0, 0.1) is 17.8 Å². The van der Waals surface area contributed by atoms with E-state index in [1.165, 1.54) is 0 Å². The third-order valence-electron chi connectivity index (χ3n) is 1.81. The Bertz CT molecular complexity index is 119. The van der Waals surface area contributed by atoms with Crippen LogP contribution in [0.2, 0.25) is 0 Å². The Balaban J connectivity index is 4.01. The van der Waals surface area contributed by atoms with Gasteiger partial charge in [0.15, 0.2) is 0 Å². The highest BCUT2D eigenvalue weighted by atomic mass is 16.3. The van der Waals surface area contributed by atoms with E-state index < -0.39 is 6.10 Å². The second-order valence-corrected chi connectivity index (χ2v) is 2.91. The minimum absolute atomic E-state index is 0.130. The maximum Gasteiger partial charge on any atom is 0.119 e. The molecule has 1 nitrogen and oxygen atoms in total. The fraction of sp³-hybridized carbons (Fsp3) is 0.750. The molecule has 1 atom stereocenters. The van der Waals surface area contributed by atoms with Crippen LogP contribution in [-0.4, -0.2) is 11.2 Å². The maximum absolute atomic E-state index is 9.15. The van der Waals surface area contributed by atoms with E-state index in [1.807, 2.05) is 20.8 Å². The first-order valence-electron chi connectivity index (χ1n) is 3.18. The molecule has 0 saturated carbocycles. The largest absolute Gasteiger partial charge is 0.380 e. The maximum atomic E-state index is 9.15. The monoisotopic (exact) mass is 126 g/mol. The molecule has 1 N–H and O–H groups in total. The molecule has 0 saturated heterocycles. The molecule has 0 aliphatic rings. The first-order chi connectivity index (χ1) is 4.04. The fourth-order valence-electron chi connectivity index (χ4n) is 0.419. The number of rotatable bonds is 2. The lowest BCUT2D eigenvalue weighted by atomic mass is 9.84. The van der Waals surface area contributed by atoms with E-state index in [4.69, 9.17) is 11.5 Å². The Kier molecular flexibility index (Phi) is 2.73. The summed E-state index contributed by atoms with van der Waals surface area (Å²) in [7, 11) is 0. The van der Waals surface area contributed by atoms with E-state index in [2.05, 4.69) is 5.92 Å². The van der Waals surface area contributed by atoms with Crippen LogP contribution >= 0.6 is 0 Å². The highest BCUT2D eigenvalue weighted by Gasteiger charge is 2.23. The smallest absolute Gasteiger partial charge is 0.119 e. The van der Waals surface area contributed by atoms with E-state index in [1.54, 1.807) is 0 Å². The van der Waals surface area contributed by atoms with Crippen LogP contribution in [0.25, 0.3) is 0 Å². The zero-order chi connectivity index (χ0) is 7.49. The van der Waals surface area contributed by atoms with Crippen LogP contribution in [0.15, 0.2) is 0 Å². The summed E-state index contributed by atoms with van der Waals surface area (Å²) in [5, 5.41) is 9.15. The van der Waals surface area contributed by atoms with Gasteiger partial charge >= 0.3 is 0 Å². The topological polar surface area (TPSA) is 20.2 Å². The van der Waals surface area contributed by atoms with Crippen LogP contribution in [0.3, 0.4) is 0 Å². The second-order valence-electron chi connectivity index (χ2n) is 2.91. The summed E-state index contributed by atoms with van der Waals surface area (Å²) in [6.45, 7) is 5.93. The molecule has 0 amide bonds. The molecule has 0 spiro atoms. The molecule has 0 aromatic carbocycles. The highest BCUT2D eigenvalue weighted by molar-refractivity contribution is 5.00. The van der Waals surface area contributed by atoms with Crippen molar-refractivity contribution in [2.45, 2.75) is 33.3 Å². The normalized spacial score (nSPS) is 14.6. The molecular weight excluding hydrogens is 112 g/mol. The van der Waals surface area contributed by atoms with Gasteiger partial charge in [-0.25, -0.2) is 0 Å². The van der Waals surface area contributed by atoms with E-state index in [0.717, 1.165) is 6.42 Å². The lowest BCUT2D eigenvalue weighted by molar-refractivity contribution is 0.0957. The fourth-order valence-corrected chi connectivity index (χ4v) is 0.419. The van der Waals surface area contributed by atoms with Gasteiger partial charge in [0.2, 0.25) is 0 Å². The van der Waals surface area contributed by atoms with Crippen LogP contribution in [-0.2, 0) is 0 Å². The van der Waals surface area contributed by atoms with Crippen molar-refractivity contribution >= 4 is 0 Å². The first-order valence-corrected chi connectivity index (χ1v) is 3.18. The minimum Gasteiger partial charge on any atom is -0.380 e. The molecule has 1 unspecified atom stereocenters. The Morgan fingerprint density at radius 1 is 1.67 bits per heavy atom. The molecule has 0 aromatic rings. The second kappa shape index (κ2) is 2.89. The van der Waals surface area contributed by atoms with Crippen molar-refractivity contribution in [1.82, 2.24) is 0 Å². The summed E-state index contributed by atoms with van der Waals surface area (Å²) in [4.78, 5) is 0. The summed E-state index contributed by atoms with van der Waals surface area (Å²) in [6.07, 6.45) is 5.33. The zero-order valence-electron chi connectivity index (χ0n) is 6.31.